The van der Waals surface area contributed by atoms with Gasteiger partial charge in [-0.05, 0) is 75.1 Å². The fourth-order valence-corrected chi connectivity index (χ4v) is 8.32. The number of benzene rings is 1. The highest BCUT2D eigenvalue weighted by Crippen LogP contribution is 2.42. The molecule has 0 aliphatic carbocycles. The monoisotopic (exact) mass is 611 g/mol. The van der Waals surface area contributed by atoms with Crippen LogP contribution in [0.5, 0.6) is 11.8 Å². The van der Waals surface area contributed by atoms with Crippen molar-refractivity contribution >= 4 is 28.3 Å². The number of nitrogens with zero attached hydrogens (tertiary/aromatic N) is 5. The Morgan fingerprint density at radius 3 is 2.77 bits per heavy atom. The zero-order valence-corrected chi connectivity index (χ0v) is 25.4. The second kappa shape index (κ2) is 12.0. The number of anilines is 1. The lowest BCUT2D eigenvalue weighted by Gasteiger charge is -2.34. The van der Waals surface area contributed by atoms with Gasteiger partial charge in [-0.1, -0.05) is 37.3 Å². The lowest BCUT2D eigenvalue weighted by Crippen LogP contribution is -2.43. The molecule has 3 atom stereocenters. The molecule has 0 amide bonds. The number of alkyl halides is 1. The van der Waals surface area contributed by atoms with Crippen LogP contribution in [0.2, 0.25) is 5.02 Å². The van der Waals surface area contributed by atoms with E-state index in [-0.39, 0.29) is 35.1 Å². The minimum absolute atomic E-state index is 0.0363. The number of piperidine rings is 1. The van der Waals surface area contributed by atoms with Crippen molar-refractivity contribution in [2.45, 2.75) is 88.8 Å². The first-order valence-electron chi connectivity index (χ1n) is 16.0. The largest absolute Gasteiger partial charge is 0.508 e. The Morgan fingerprint density at radius 2 is 1.86 bits per heavy atom. The van der Waals surface area contributed by atoms with E-state index in [1.807, 2.05) is 0 Å². The molecule has 10 heteroatoms. The van der Waals surface area contributed by atoms with E-state index in [1.165, 1.54) is 25.3 Å². The third kappa shape index (κ3) is 5.63. The molecule has 230 valence electrons. The summed E-state index contributed by atoms with van der Waals surface area (Å²) in [7, 11) is 0. The normalized spacial score (nSPS) is 26.5. The lowest BCUT2D eigenvalue weighted by molar-refractivity contribution is 0.107. The fourth-order valence-electron chi connectivity index (χ4n) is 8.01. The third-order valence-electron chi connectivity index (χ3n) is 10.2. The molecule has 0 radical (unpaired) electrons. The van der Waals surface area contributed by atoms with Gasteiger partial charge in [0.25, 0.3) is 0 Å². The summed E-state index contributed by atoms with van der Waals surface area (Å²) in [5, 5.41) is 11.4. The van der Waals surface area contributed by atoms with Crippen molar-refractivity contribution < 1.29 is 18.6 Å². The second-order valence-electron chi connectivity index (χ2n) is 13.1. The Morgan fingerprint density at radius 1 is 1.02 bits per heavy atom. The molecule has 1 aromatic carbocycles. The van der Waals surface area contributed by atoms with Crippen LogP contribution in [0.3, 0.4) is 0 Å². The van der Waals surface area contributed by atoms with E-state index < -0.39 is 12.0 Å². The average molecular weight is 612 g/mol. The molecule has 7 heterocycles. The van der Waals surface area contributed by atoms with Crippen molar-refractivity contribution in [3.05, 3.63) is 34.7 Å². The smallest absolute Gasteiger partial charge is 0.319 e. The summed E-state index contributed by atoms with van der Waals surface area (Å²) in [4.78, 5) is 18.5. The molecule has 5 aliphatic rings. The van der Waals surface area contributed by atoms with Crippen LogP contribution in [0, 0.1) is 11.7 Å². The fraction of sp³-hybridized carbons (Fsp3) is 0.606. The maximum atomic E-state index is 16.7. The molecule has 3 aromatic rings. The van der Waals surface area contributed by atoms with Gasteiger partial charge >= 0.3 is 6.01 Å². The van der Waals surface area contributed by atoms with Crippen LogP contribution in [0.15, 0.2) is 18.3 Å². The number of phenols is 1. The van der Waals surface area contributed by atoms with E-state index in [9.17, 15) is 9.50 Å². The Labute approximate surface area is 256 Å². The molecular formula is C33H40ClF2N5O2. The van der Waals surface area contributed by atoms with Crippen LogP contribution >= 0.6 is 11.6 Å². The van der Waals surface area contributed by atoms with E-state index in [0.717, 1.165) is 70.1 Å². The number of fused-ring (bicyclic) bond motifs is 8. The molecule has 2 unspecified atom stereocenters. The van der Waals surface area contributed by atoms with Crippen LogP contribution in [0.25, 0.3) is 22.2 Å². The number of aromatic nitrogens is 3. The highest BCUT2D eigenvalue weighted by molar-refractivity contribution is 6.32. The number of hydrogen-bond donors (Lipinski definition) is 1. The molecule has 1 N–H and O–H groups in total. The summed E-state index contributed by atoms with van der Waals surface area (Å²) >= 11 is 6.62. The Kier molecular flexibility index (Phi) is 8.05. The van der Waals surface area contributed by atoms with Crippen molar-refractivity contribution in [3.8, 4) is 23.0 Å². The van der Waals surface area contributed by atoms with Crippen molar-refractivity contribution in [2.24, 2.45) is 5.92 Å². The van der Waals surface area contributed by atoms with Crippen LogP contribution in [-0.2, 0) is 6.42 Å². The summed E-state index contributed by atoms with van der Waals surface area (Å²) in [5.41, 5.74) is 1.14. The maximum absolute atomic E-state index is 16.7. The highest BCUT2D eigenvalue weighted by atomic mass is 35.5. The predicted octanol–water partition coefficient (Wildman–Crippen LogP) is 7.26. The van der Waals surface area contributed by atoms with Crippen LogP contribution in [0.4, 0.5) is 14.6 Å². The van der Waals surface area contributed by atoms with Gasteiger partial charge in [0, 0.05) is 42.8 Å². The minimum Gasteiger partial charge on any atom is -0.508 e. The Hall–Kier alpha value is -2.78. The van der Waals surface area contributed by atoms with E-state index in [2.05, 4.69) is 19.8 Å². The topological polar surface area (TPSA) is 74.6 Å². The number of halogens is 3. The van der Waals surface area contributed by atoms with Crippen LogP contribution in [-0.4, -0.2) is 69.5 Å². The van der Waals surface area contributed by atoms with E-state index in [1.54, 1.807) is 12.3 Å². The summed E-state index contributed by atoms with van der Waals surface area (Å²) < 4.78 is 37.4. The molecule has 43 heavy (non-hydrogen) atoms. The summed E-state index contributed by atoms with van der Waals surface area (Å²) in [5.74, 6) is 0.562. The Balaban J connectivity index is 1.34. The first kappa shape index (κ1) is 29.0. The number of phenolic OH excluding ortho intramolecular Hbond substituents is 1. The summed E-state index contributed by atoms with van der Waals surface area (Å²) in [6.45, 7) is 3.23. The van der Waals surface area contributed by atoms with Crippen molar-refractivity contribution in [1.82, 2.24) is 19.9 Å². The van der Waals surface area contributed by atoms with Crippen molar-refractivity contribution in [3.63, 3.8) is 0 Å². The maximum Gasteiger partial charge on any atom is 0.319 e. The first-order chi connectivity index (χ1) is 20.9. The standard InChI is InChI=1S/C33H40ClF2N5O2/c34-27-15-23(42)14-25-24(27)10-5-3-1-2-4-8-21-9-6-12-40(18-21)31-26-17-37-29(25)28(36)30(26)38-32(39-31)43-20-33-11-7-13-41(33)19-22(35)16-33/h14-15,17,21-22,42H,1-13,16,18-20H2/t21?,22-,33?/m1/s1. The average Bonchev–Trinajstić information content (AvgIpc) is 3.52. The number of aromatic hydroxyl groups is 1. The highest BCUT2D eigenvalue weighted by Gasteiger charge is 2.49. The molecular weight excluding hydrogens is 572 g/mol. The van der Waals surface area contributed by atoms with Gasteiger partial charge in [0.05, 0.1) is 10.9 Å². The lowest BCUT2D eigenvalue weighted by atomic mass is 9.92. The van der Waals surface area contributed by atoms with Crippen LogP contribution < -0.4 is 9.64 Å². The van der Waals surface area contributed by atoms with Gasteiger partial charge in [0.15, 0.2) is 5.82 Å². The number of hydrogen-bond acceptors (Lipinski definition) is 7. The molecule has 3 saturated heterocycles. The molecule has 3 fully saturated rings. The van der Waals surface area contributed by atoms with E-state index in [0.29, 0.717) is 47.1 Å². The number of ether oxygens (including phenoxy) is 1. The first-order valence-corrected chi connectivity index (χ1v) is 16.4. The van der Waals surface area contributed by atoms with Gasteiger partial charge in [0.2, 0.25) is 0 Å². The van der Waals surface area contributed by atoms with Crippen molar-refractivity contribution in [1.29, 1.82) is 0 Å². The quantitative estimate of drug-likeness (QED) is 0.334. The molecule has 0 spiro atoms. The van der Waals surface area contributed by atoms with Gasteiger partial charge in [0.1, 0.15) is 35.6 Å². The molecule has 5 aliphatic heterocycles. The molecule has 0 saturated carbocycles. The number of rotatable bonds is 3. The van der Waals surface area contributed by atoms with Gasteiger partial charge < -0.3 is 14.7 Å². The Bertz CT molecular complexity index is 1510. The van der Waals surface area contributed by atoms with Gasteiger partial charge in [-0.3, -0.25) is 9.88 Å². The van der Waals surface area contributed by atoms with Crippen LogP contribution in [0.1, 0.15) is 76.2 Å². The predicted molar refractivity (Wildman–Crippen MR) is 164 cm³/mol. The number of pyridine rings is 1. The summed E-state index contributed by atoms with van der Waals surface area (Å²) in [6, 6.07) is 3.16. The van der Waals surface area contributed by atoms with Crippen molar-refractivity contribution in [2.75, 3.05) is 37.7 Å². The second-order valence-corrected chi connectivity index (χ2v) is 13.5. The van der Waals surface area contributed by atoms with E-state index in [4.69, 9.17) is 21.3 Å². The zero-order chi connectivity index (χ0) is 29.6. The van der Waals surface area contributed by atoms with E-state index >= 15 is 4.39 Å². The molecule has 6 bridgehead atoms. The summed E-state index contributed by atoms with van der Waals surface area (Å²) in [6.07, 6.45) is 12.7. The minimum atomic E-state index is -0.868. The van der Waals surface area contributed by atoms with Gasteiger partial charge in [-0.2, -0.15) is 9.97 Å². The zero-order valence-electron chi connectivity index (χ0n) is 24.6. The molecule has 8 rings (SSSR count). The third-order valence-corrected chi connectivity index (χ3v) is 10.5. The van der Waals surface area contributed by atoms with Gasteiger partial charge in [-0.25, -0.2) is 8.78 Å². The molecule has 7 nitrogen and oxygen atoms in total. The van der Waals surface area contributed by atoms with Gasteiger partial charge in [-0.15, -0.1) is 0 Å². The molecule has 2 aromatic heterocycles. The SMILES string of the molecule is Oc1cc(Cl)c2c(c1)-c1ncc3c(nc(OCC45CCCN4C[C@H](F)C5)nc3c1F)N1CCCC(CCCCCCC2)C1.